The molecule has 2 aromatic carbocycles. The number of ether oxygens (including phenoxy) is 2. The molecule has 0 saturated carbocycles. The van der Waals surface area contributed by atoms with Crippen LogP contribution in [0.3, 0.4) is 0 Å². The van der Waals surface area contributed by atoms with Crippen molar-refractivity contribution in [2.75, 3.05) is 13.7 Å². The molecular weight excluding hydrogens is 294 g/mol. The molecule has 0 saturated heterocycles. The van der Waals surface area contributed by atoms with Crippen LogP contribution in [0.1, 0.15) is 33.2 Å². The highest BCUT2D eigenvalue weighted by molar-refractivity contribution is 5.94. The summed E-state index contributed by atoms with van der Waals surface area (Å²) >= 11 is 0. The van der Waals surface area contributed by atoms with E-state index in [1.165, 1.54) is 7.11 Å². The number of amides is 1. The van der Waals surface area contributed by atoms with Crippen LogP contribution in [-0.4, -0.2) is 25.6 Å². The van der Waals surface area contributed by atoms with E-state index >= 15 is 0 Å². The number of carbonyl (C=O) groups excluding carboxylic acids is 2. The first-order chi connectivity index (χ1) is 11.1. The number of rotatable bonds is 6. The van der Waals surface area contributed by atoms with E-state index in [4.69, 9.17) is 4.74 Å². The Bertz CT molecular complexity index is 662. The summed E-state index contributed by atoms with van der Waals surface area (Å²) in [6, 6.07) is 13.9. The maximum Gasteiger partial charge on any atom is 0.337 e. The van der Waals surface area contributed by atoms with E-state index in [0.717, 1.165) is 11.3 Å². The molecule has 0 unspecified atom stereocenters. The highest BCUT2D eigenvalue weighted by Gasteiger charge is 2.07. The molecule has 0 fully saturated rings. The molecule has 1 amide bonds. The van der Waals surface area contributed by atoms with Gasteiger partial charge >= 0.3 is 5.97 Å². The van der Waals surface area contributed by atoms with E-state index in [1.54, 1.807) is 48.5 Å². The number of esters is 1. The second-order valence-electron chi connectivity index (χ2n) is 4.83. The lowest BCUT2D eigenvalue weighted by Crippen LogP contribution is -2.22. The van der Waals surface area contributed by atoms with Crippen LogP contribution < -0.4 is 10.1 Å². The zero-order chi connectivity index (χ0) is 16.7. The molecule has 1 N–H and O–H groups in total. The molecule has 0 radical (unpaired) electrons. The summed E-state index contributed by atoms with van der Waals surface area (Å²) in [4.78, 5) is 23.4. The van der Waals surface area contributed by atoms with Crippen LogP contribution in [0.2, 0.25) is 0 Å². The number of benzene rings is 2. The average molecular weight is 313 g/mol. The standard InChI is InChI=1S/C18H19NO4/c1-3-23-16-10-8-14(9-11-16)17(20)19-12-13-4-6-15(7-5-13)18(21)22-2/h4-11H,3,12H2,1-2H3,(H,19,20). The van der Waals surface area contributed by atoms with Gasteiger partial charge in [-0.25, -0.2) is 4.79 Å². The Labute approximate surface area is 135 Å². The van der Waals surface area contributed by atoms with Gasteiger partial charge in [-0.1, -0.05) is 12.1 Å². The number of hydrogen-bond donors (Lipinski definition) is 1. The maximum absolute atomic E-state index is 12.1. The van der Waals surface area contributed by atoms with Crippen molar-refractivity contribution in [1.82, 2.24) is 5.32 Å². The largest absolute Gasteiger partial charge is 0.494 e. The normalized spacial score (nSPS) is 10.0. The van der Waals surface area contributed by atoms with Crippen molar-refractivity contribution in [2.45, 2.75) is 13.5 Å². The highest BCUT2D eigenvalue weighted by atomic mass is 16.5. The predicted octanol–water partition coefficient (Wildman–Crippen LogP) is 2.80. The van der Waals surface area contributed by atoms with Gasteiger partial charge in [-0.05, 0) is 48.9 Å². The van der Waals surface area contributed by atoms with E-state index in [9.17, 15) is 9.59 Å². The minimum atomic E-state index is -0.380. The van der Waals surface area contributed by atoms with Crippen LogP contribution >= 0.6 is 0 Å². The van der Waals surface area contributed by atoms with Crippen molar-refractivity contribution in [3.63, 3.8) is 0 Å². The number of methoxy groups -OCH3 is 1. The van der Waals surface area contributed by atoms with Gasteiger partial charge in [-0.2, -0.15) is 0 Å². The van der Waals surface area contributed by atoms with Crippen molar-refractivity contribution in [1.29, 1.82) is 0 Å². The molecule has 0 spiro atoms. The SMILES string of the molecule is CCOc1ccc(C(=O)NCc2ccc(C(=O)OC)cc2)cc1. The maximum atomic E-state index is 12.1. The first kappa shape index (κ1) is 16.5. The van der Waals surface area contributed by atoms with Crippen LogP contribution in [0, 0.1) is 0 Å². The van der Waals surface area contributed by atoms with Crippen LogP contribution in [0.25, 0.3) is 0 Å². The van der Waals surface area contributed by atoms with Crippen molar-refractivity contribution < 1.29 is 19.1 Å². The van der Waals surface area contributed by atoms with Crippen molar-refractivity contribution in [3.8, 4) is 5.75 Å². The Kier molecular flexibility index (Phi) is 5.74. The summed E-state index contributed by atoms with van der Waals surface area (Å²) in [6.45, 7) is 2.88. The molecule has 0 atom stereocenters. The van der Waals surface area contributed by atoms with Gasteiger partial charge in [-0.3, -0.25) is 4.79 Å². The molecule has 0 aliphatic heterocycles. The van der Waals surface area contributed by atoms with E-state index < -0.39 is 0 Å². The molecule has 2 rings (SSSR count). The number of nitrogens with one attached hydrogen (secondary N) is 1. The third-order valence-corrected chi connectivity index (χ3v) is 3.26. The first-order valence-electron chi connectivity index (χ1n) is 7.32. The zero-order valence-corrected chi connectivity index (χ0v) is 13.2. The fourth-order valence-electron chi connectivity index (χ4n) is 2.03. The van der Waals surface area contributed by atoms with Gasteiger partial charge in [0.15, 0.2) is 0 Å². The van der Waals surface area contributed by atoms with Crippen molar-refractivity contribution in [2.24, 2.45) is 0 Å². The quantitative estimate of drug-likeness (QED) is 0.833. The molecule has 0 aromatic heterocycles. The van der Waals surface area contributed by atoms with Crippen molar-refractivity contribution >= 4 is 11.9 Å². The van der Waals surface area contributed by atoms with Gasteiger partial charge in [0, 0.05) is 12.1 Å². The van der Waals surface area contributed by atoms with E-state index in [0.29, 0.717) is 24.3 Å². The Morgan fingerprint density at radius 3 is 2.13 bits per heavy atom. The monoisotopic (exact) mass is 313 g/mol. The molecule has 23 heavy (non-hydrogen) atoms. The Morgan fingerprint density at radius 2 is 1.57 bits per heavy atom. The van der Waals surface area contributed by atoms with Gasteiger partial charge in [-0.15, -0.1) is 0 Å². The molecule has 0 aliphatic carbocycles. The molecular formula is C18H19NO4. The summed E-state index contributed by atoms with van der Waals surface area (Å²) < 4.78 is 9.98. The van der Waals surface area contributed by atoms with E-state index in [-0.39, 0.29) is 11.9 Å². The molecule has 5 nitrogen and oxygen atoms in total. The number of carbonyl (C=O) groups is 2. The predicted molar refractivity (Wildman–Crippen MR) is 86.6 cm³/mol. The lowest BCUT2D eigenvalue weighted by Gasteiger charge is -2.07. The van der Waals surface area contributed by atoms with E-state index in [1.807, 2.05) is 6.92 Å². The molecule has 0 aliphatic rings. The summed E-state index contributed by atoms with van der Waals surface area (Å²) in [6.07, 6.45) is 0. The summed E-state index contributed by atoms with van der Waals surface area (Å²) in [5.41, 5.74) is 1.95. The lowest BCUT2D eigenvalue weighted by atomic mass is 10.1. The summed E-state index contributed by atoms with van der Waals surface area (Å²) in [5, 5.41) is 2.83. The molecule has 0 bridgehead atoms. The number of hydrogen-bond acceptors (Lipinski definition) is 4. The molecule has 2 aromatic rings. The third kappa shape index (κ3) is 4.57. The van der Waals surface area contributed by atoms with Gasteiger partial charge in [0.25, 0.3) is 5.91 Å². The average Bonchev–Trinajstić information content (AvgIpc) is 2.60. The van der Waals surface area contributed by atoms with Crippen LogP contribution in [-0.2, 0) is 11.3 Å². The van der Waals surface area contributed by atoms with Gasteiger partial charge in [0.2, 0.25) is 0 Å². The third-order valence-electron chi connectivity index (χ3n) is 3.26. The second kappa shape index (κ2) is 7.98. The van der Waals surface area contributed by atoms with E-state index in [2.05, 4.69) is 10.1 Å². The summed E-state index contributed by atoms with van der Waals surface area (Å²) in [7, 11) is 1.34. The topological polar surface area (TPSA) is 64.6 Å². The highest BCUT2D eigenvalue weighted by Crippen LogP contribution is 2.12. The Morgan fingerprint density at radius 1 is 0.957 bits per heavy atom. The second-order valence-corrected chi connectivity index (χ2v) is 4.83. The van der Waals surface area contributed by atoms with Gasteiger partial charge in [0.05, 0.1) is 19.3 Å². The lowest BCUT2D eigenvalue weighted by molar-refractivity contribution is 0.0600. The minimum absolute atomic E-state index is 0.162. The van der Waals surface area contributed by atoms with Gasteiger partial charge < -0.3 is 14.8 Å². The van der Waals surface area contributed by atoms with Crippen LogP contribution in [0.4, 0.5) is 0 Å². The van der Waals surface area contributed by atoms with Gasteiger partial charge in [0.1, 0.15) is 5.75 Å². The minimum Gasteiger partial charge on any atom is -0.494 e. The fourth-order valence-corrected chi connectivity index (χ4v) is 2.03. The molecule has 5 heteroatoms. The van der Waals surface area contributed by atoms with Crippen LogP contribution in [0.15, 0.2) is 48.5 Å². The zero-order valence-electron chi connectivity index (χ0n) is 13.2. The molecule has 120 valence electrons. The van der Waals surface area contributed by atoms with Crippen molar-refractivity contribution in [3.05, 3.63) is 65.2 Å². The first-order valence-corrected chi connectivity index (χ1v) is 7.32. The summed E-state index contributed by atoms with van der Waals surface area (Å²) in [5.74, 6) is 0.197. The Balaban J connectivity index is 1.92. The molecule has 0 heterocycles. The van der Waals surface area contributed by atoms with Crippen LogP contribution in [0.5, 0.6) is 5.75 Å². The smallest absolute Gasteiger partial charge is 0.337 e. The Hall–Kier alpha value is -2.82. The fraction of sp³-hybridized carbons (Fsp3) is 0.222.